The van der Waals surface area contributed by atoms with Crippen molar-refractivity contribution in [2.45, 2.75) is 56.7 Å². The van der Waals surface area contributed by atoms with Crippen molar-refractivity contribution in [3.05, 3.63) is 34.9 Å². The van der Waals surface area contributed by atoms with Crippen LogP contribution in [0.15, 0.2) is 29.3 Å². The van der Waals surface area contributed by atoms with Gasteiger partial charge in [0, 0.05) is 46.5 Å². The first kappa shape index (κ1) is 23.7. The average molecular weight is 512 g/mol. The highest BCUT2D eigenvalue weighted by Crippen LogP contribution is 2.23. The summed E-state index contributed by atoms with van der Waals surface area (Å²) in [5, 5.41) is 8.01. The highest BCUT2D eigenvalue weighted by molar-refractivity contribution is 14.0. The van der Waals surface area contributed by atoms with Crippen LogP contribution in [0.25, 0.3) is 0 Å². The lowest BCUT2D eigenvalue weighted by molar-refractivity contribution is 0.413. The second kappa shape index (κ2) is 12.9. The largest absolute Gasteiger partial charge is 0.356 e. The molecule has 2 rings (SSSR count). The molecule has 26 heavy (non-hydrogen) atoms. The molecule has 0 bridgehead atoms. The molecule has 1 aromatic rings. The van der Waals surface area contributed by atoms with Gasteiger partial charge in [0.25, 0.3) is 0 Å². The topological polar surface area (TPSA) is 53.5 Å². The van der Waals surface area contributed by atoms with Gasteiger partial charge >= 0.3 is 0 Å². The van der Waals surface area contributed by atoms with Gasteiger partial charge in [-0.25, -0.2) is 0 Å². The number of hydrogen-bond acceptors (Lipinski definition) is 2. The molecule has 1 fully saturated rings. The molecular weight excluding hydrogens is 481 g/mol. The minimum Gasteiger partial charge on any atom is -0.356 e. The molecular formula is C19H31ClIN3OS. The number of aryl methyl sites for hydroxylation is 1. The van der Waals surface area contributed by atoms with E-state index in [0.29, 0.717) is 11.3 Å². The molecule has 7 heteroatoms. The Balaban J connectivity index is 0.00000338. The summed E-state index contributed by atoms with van der Waals surface area (Å²) in [5.41, 5.74) is 1.30. The van der Waals surface area contributed by atoms with Crippen molar-refractivity contribution in [3.63, 3.8) is 0 Å². The molecule has 1 saturated carbocycles. The SMILES string of the molecule is CCS(=O)C1CCCC(NC(=NC)NCCCc2ccc(Cl)cc2)C1.I. The molecule has 0 radical (unpaired) electrons. The van der Waals surface area contributed by atoms with E-state index in [-0.39, 0.29) is 24.0 Å². The van der Waals surface area contributed by atoms with E-state index in [9.17, 15) is 4.21 Å². The van der Waals surface area contributed by atoms with Crippen molar-refractivity contribution in [2.24, 2.45) is 4.99 Å². The van der Waals surface area contributed by atoms with Crippen LogP contribution in [0.2, 0.25) is 5.02 Å². The van der Waals surface area contributed by atoms with E-state index in [1.807, 2.05) is 19.1 Å². The molecule has 1 aliphatic rings. The Bertz CT molecular complexity index is 583. The summed E-state index contributed by atoms with van der Waals surface area (Å²) >= 11 is 5.91. The van der Waals surface area contributed by atoms with Crippen LogP contribution in [-0.4, -0.2) is 40.8 Å². The number of aliphatic imine (C=N–C) groups is 1. The highest BCUT2D eigenvalue weighted by Gasteiger charge is 2.25. The summed E-state index contributed by atoms with van der Waals surface area (Å²) in [6.07, 6.45) is 6.39. The van der Waals surface area contributed by atoms with E-state index in [4.69, 9.17) is 11.6 Å². The third-order valence-corrected chi connectivity index (χ3v) is 6.69. The van der Waals surface area contributed by atoms with E-state index in [1.165, 1.54) is 5.56 Å². The zero-order valence-electron chi connectivity index (χ0n) is 15.7. The quantitative estimate of drug-likeness (QED) is 0.250. The molecule has 0 heterocycles. The fourth-order valence-corrected chi connectivity index (χ4v) is 4.76. The van der Waals surface area contributed by atoms with Crippen molar-refractivity contribution < 1.29 is 4.21 Å². The third-order valence-electron chi connectivity index (χ3n) is 4.69. The lowest BCUT2D eigenvalue weighted by Crippen LogP contribution is -2.46. The van der Waals surface area contributed by atoms with Gasteiger partial charge in [-0.15, -0.1) is 24.0 Å². The number of guanidine groups is 1. The maximum Gasteiger partial charge on any atom is 0.191 e. The molecule has 4 nitrogen and oxygen atoms in total. The van der Waals surface area contributed by atoms with Crippen molar-refractivity contribution in [1.29, 1.82) is 0 Å². The lowest BCUT2D eigenvalue weighted by Gasteiger charge is -2.30. The van der Waals surface area contributed by atoms with Crippen LogP contribution in [0.3, 0.4) is 0 Å². The van der Waals surface area contributed by atoms with Crippen LogP contribution >= 0.6 is 35.6 Å². The predicted octanol–water partition coefficient (Wildman–Crippen LogP) is 4.14. The van der Waals surface area contributed by atoms with Crippen LogP contribution in [0.5, 0.6) is 0 Å². The fraction of sp³-hybridized carbons (Fsp3) is 0.632. The van der Waals surface area contributed by atoms with E-state index in [2.05, 4.69) is 27.8 Å². The average Bonchev–Trinajstić information content (AvgIpc) is 2.65. The van der Waals surface area contributed by atoms with Crippen LogP contribution in [0.4, 0.5) is 0 Å². The highest BCUT2D eigenvalue weighted by atomic mass is 127. The number of hydrogen-bond donors (Lipinski definition) is 2. The zero-order valence-corrected chi connectivity index (χ0v) is 19.6. The summed E-state index contributed by atoms with van der Waals surface area (Å²) in [5.74, 6) is 1.61. The number of nitrogens with one attached hydrogen (secondary N) is 2. The van der Waals surface area contributed by atoms with Crippen molar-refractivity contribution in [2.75, 3.05) is 19.3 Å². The van der Waals surface area contributed by atoms with E-state index in [0.717, 1.165) is 61.8 Å². The molecule has 0 aromatic heterocycles. The third kappa shape index (κ3) is 8.13. The lowest BCUT2D eigenvalue weighted by atomic mass is 9.95. The molecule has 0 spiro atoms. The Hall–Kier alpha value is -0.340. The predicted molar refractivity (Wildman–Crippen MR) is 124 cm³/mol. The first-order chi connectivity index (χ1) is 12.1. The second-order valence-corrected chi connectivity index (χ2v) is 8.97. The van der Waals surface area contributed by atoms with Gasteiger partial charge in [0.05, 0.1) is 0 Å². The van der Waals surface area contributed by atoms with Gasteiger partial charge in [-0.2, -0.15) is 0 Å². The standard InChI is InChI=1S/C19H30ClN3OS.HI/c1-3-25(24)18-8-4-7-17(14-18)23-19(21-2)22-13-5-6-15-9-11-16(20)12-10-15;/h9-12,17-18H,3-8,13-14H2,1-2H3,(H2,21,22,23);1H. The van der Waals surface area contributed by atoms with Crippen LogP contribution in [0, 0.1) is 0 Å². The molecule has 3 unspecified atom stereocenters. The van der Waals surface area contributed by atoms with Gasteiger partial charge in [0.15, 0.2) is 5.96 Å². The molecule has 0 saturated heterocycles. The number of rotatable bonds is 7. The van der Waals surface area contributed by atoms with E-state index in [1.54, 1.807) is 7.05 Å². The molecule has 0 amide bonds. The smallest absolute Gasteiger partial charge is 0.191 e. The molecule has 1 aliphatic carbocycles. The minimum absolute atomic E-state index is 0. The second-order valence-electron chi connectivity index (χ2n) is 6.53. The van der Waals surface area contributed by atoms with E-state index < -0.39 is 10.8 Å². The number of nitrogens with zero attached hydrogens (tertiary/aromatic N) is 1. The monoisotopic (exact) mass is 511 g/mol. The molecule has 148 valence electrons. The van der Waals surface area contributed by atoms with Gasteiger partial charge in [0.2, 0.25) is 0 Å². The Morgan fingerprint density at radius 2 is 2.04 bits per heavy atom. The Labute approximate surface area is 182 Å². The summed E-state index contributed by atoms with van der Waals surface area (Å²) in [4.78, 5) is 4.33. The maximum atomic E-state index is 12.1. The summed E-state index contributed by atoms with van der Waals surface area (Å²) in [7, 11) is 1.11. The van der Waals surface area contributed by atoms with Crippen molar-refractivity contribution in [3.8, 4) is 0 Å². The van der Waals surface area contributed by atoms with Crippen LogP contribution in [-0.2, 0) is 17.2 Å². The van der Waals surface area contributed by atoms with Crippen molar-refractivity contribution >= 4 is 52.3 Å². The number of halogens is 2. The minimum atomic E-state index is -0.690. The fourth-order valence-electron chi connectivity index (χ4n) is 3.29. The number of benzene rings is 1. The molecule has 0 aliphatic heterocycles. The Kier molecular flexibility index (Phi) is 11.8. The summed E-state index contributed by atoms with van der Waals surface area (Å²) < 4.78 is 12.1. The van der Waals surface area contributed by atoms with Gasteiger partial charge in [-0.05, 0) is 49.8 Å². The first-order valence-electron chi connectivity index (χ1n) is 9.21. The van der Waals surface area contributed by atoms with Gasteiger partial charge in [0.1, 0.15) is 0 Å². The van der Waals surface area contributed by atoms with Gasteiger partial charge < -0.3 is 10.6 Å². The maximum absolute atomic E-state index is 12.1. The Morgan fingerprint density at radius 3 is 2.69 bits per heavy atom. The van der Waals surface area contributed by atoms with Crippen LogP contribution < -0.4 is 10.6 Å². The molecule has 3 atom stereocenters. The van der Waals surface area contributed by atoms with Gasteiger partial charge in [-0.3, -0.25) is 9.20 Å². The Morgan fingerprint density at radius 1 is 1.31 bits per heavy atom. The summed E-state index contributed by atoms with van der Waals surface area (Å²) in [6, 6.07) is 8.39. The summed E-state index contributed by atoms with van der Waals surface area (Å²) in [6.45, 7) is 2.88. The molecule has 2 N–H and O–H groups in total. The normalized spacial score (nSPS) is 21.6. The molecule has 1 aromatic carbocycles. The van der Waals surface area contributed by atoms with E-state index >= 15 is 0 Å². The zero-order chi connectivity index (χ0) is 18.1. The van der Waals surface area contributed by atoms with Gasteiger partial charge in [-0.1, -0.05) is 37.1 Å². The van der Waals surface area contributed by atoms with Crippen molar-refractivity contribution in [1.82, 2.24) is 10.6 Å². The van der Waals surface area contributed by atoms with Crippen LogP contribution in [0.1, 0.15) is 44.6 Å². The first-order valence-corrected chi connectivity index (χ1v) is 11.0.